The molecule has 0 spiro atoms. The summed E-state index contributed by atoms with van der Waals surface area (Å²) in [5, 5.41) is 0. The molecule has 0 aliphatic heterocycles. The standard InChI is InChI=1S/C14H26N2O2/c1-8(2)11-10(13(18)16(5)6)9(12(15)17)7-14(11,3)4/h8-11H,7H2,1-6H3,(H2,15,17). The molecular weight excluding hydrogens is 228 g/mol. The third kappa shape index (κ3) is 2.52. The van der Waals surface area contributed by atoms with Crippen molar-refractivity contribution in [3.05, 3.63) is 0 Å². The summed E-state index contributed by atoms with van der Waals surface area (Å²) in [6, 6.07) is 0. The van der Waals surface area contributed by atoms with E-state index in [2.05, 4.69) is 27.7 Å². The van der Waals surface area contributed by atoms with Crippen molar-refractivity contribution in [2.45, 2.75) is 34.1 Å². The number of hydrogen-bond donors (Lipinski definition) is 1. The Hall–Kier alpha value is -1.06. The van der Waals surface area contributed by atoms with E-state index in [4.69, 9.17) is 5.73 Å². The average molecular weight is 254 g/mol. The molecule has 1 saturated carbocycles. The summed E-state index contributed by atoms with van der Waals surface area (Å²) >= 11 is 0. The van der Waals surface area contributed by atoms with E-state index in [0.717, 1.165) is 0 Å². The third-order valence-corrected chi connectivity index (χ3v) is 4.28. The van der Waals surface area contributed by atoms with Crippen molar-refractivity contribution in [2.75, 3.05) is 14.1 Å². The van der Waals surface area contributed by atoms with Crippen LogP contribution in [0.3, 0.4) is 0 Å². The fraction of sp³-hybridized carbons (Fsp3) is 0.857. The minimum Gasteiger partial charge on any atom is -0.369 e. The molecule has 0 heterocycles. The second-order valence-corrected chi connectivity index (χ2v) is 6.73. The predicted molar refractivity (Wildman–Crippen MR) is 71.6 cm³/mol. The zero-order valence-corrected chi connectivity index (χ0v) is 12.4. The Morgan fingerprint density at radius 3 is 2.11 bits per heavy atom. The van der Waals surface area contributed by atoms with E-state index < -0.39 is 0 Å². The lowest BCUT2D eigenvalue weighted by molar-refractivity contribution is -0.140. The van der Waals surface area contributed by atoms with Crippen LogP contribution in [0.15, 0.2) is 0 Å². The predicted octanol–water partition coefficient (Wildman–Crippen LogP) is 1.49. The van der Waals surface area contributed by atoms with Gasteiger partial charge in [-0.25, -0.2) is 0 Å². The average Bonchev–Trinajstić information content (AvgIpc) is 2.48. The maximum atomic E-state index is 12.4. The number of nitrogens with two attached hydrogens (primary N) is 1. The Bertz CT molecular complexity index is 348. The molecule has 2 amide bonds. The summed E-state index contributed by atoms with van der Waals surface area (Å²) in [5.41, 5.74) is 5.48. The van der Waals surface area contributed by atoms with Gasteiger partial charge in [0.25, 0.3) is 0 Å². The highest BCUT2D eigenvalue weighted by Gasteiger charge is 2.54. The van der Waals surface area contributed by atoms with E-state index in [1.807, 2.05) is 0 Å². The van der Waals surface area contributed by atoms with Gasteiger partial charge in [-0.05, 0) is 23.7 Å². The molecule has 104 valence electrons. The molecule has 1 fully saturated rings. The van der Waals surface area contributed by atoms with Crippen molar-refractivity contribution in [3.8, 4) is 0 Å². The van der Waals surface area contributed by atoms with Crippen molar-refractivity contribution < 1.29 is 9.59 Å². The topological polar surface area (TPSA) is 63.4 Å². The third-order valence-electron chi connectivity index (χ3n) is 4.28. The molecule has 4 heteroatoms. The number of amides is 2. The lowest BCUT2D eigenvalue weighted by atomic mass is 9.72. The lowest BCUT2D eigenvalue weighted by Gasteiger charge is -2.34. The van der Waals surface area contributed by atoms with Crippen molar-refractivity contribution >= 4 is 11.8 Å². The Labute approximate surface area is 110 Å². The lowest BCUT2D eigenvalue weighted by Crippen LogP contribution is -2.41. The van der Waals surface area contributed by atoms with Gasteiger partial charge >= 0.3 is 0 Å². The Balaban J connectivity index is 3.19. The summed E-state index contributed by atoms with van der Waals surface area (Å²) in [4.78, 5) is 25.6. The molecule has 3 atom stereocenters. The largest absolute Gasteiger partial charge is 0.369 e. The summed E-state index contributed by atoms with van der Waals surface area (Å²) < 4.78 is 0. The van der Waals surface area contributed by atoms with E-state index >= 15 is 0 Å². The maximum absolute atomic E-state index is 12.4. The van der Waals surface area contributed by atoms with Gasteiger partial charge in [-0.2, -0.15) is 0 Å². The fourth-order valence-electron chi connectivity index (χ4n) is 3.78. The molecular formula is C14H26N2O2. The van der Waals surface area contributed by atoms with Crippen molar-refractivity contribution in [1.82, 2.24) is 4.90 Å². The van der Waals surface area contributed by atoms with Crippen molar-refractivity contribution in [3.63, 3.8) is 0 Å². The van der Waals surface area contributed by atoms with Gasteiger partial charge in [-0.15, -0.1) is 0 Å². The zero-order valence-electron chi connectivity index (χ0n) is 12.4. The van der Waals surface area contributed by atoms with Gasteiger partial charge in [-0.1, -0.05) is 27.7 Å². The molecule has 18 heavy (non-hydrogen) atoms. The van der Waals surface area contributed by atoms with Gasteiger partial charge in [0.15, 0.2) is 0 Å². The molecule has 0 aromatic carbocycles. The zero-order chi connectivity index (χ0) is 14.2. The number of nitrogens with zero attached hydrogens (tertiary/aromatic N) is 1. The normalized spacial score (nSPS) is 30.5. The van der Waals surface area contributed by atoms with Gasteiger partial charge in [0.1, 0.15) is 0 Å². The quantitative estimate of drug-likeness (QED) is 0.829. The first-order chi connectivity index (χ1) is 8.09. The van der Waals surface area contributed by atoms with Crippen LogP contribution in [0.25, 0.3) is 0 Å². The van der Waals surface area contributed by atoms with E-state index in [0.29, 0.717) is 12.3 Å². The molecule has 0 aromatic heterocycles. The summed E-state index contributed by atoms with van der Waals surface area (Å²) in [5.74, 6) is -0.354. The molecule has 0 saturated heterocycles. The van der Waals surface area contributed by atoms with Gasteiger partial charge in [0.2, 0.25) is 11.8 Å². The number of primary amides is 1. The SMILES string of the molecule is CC(C)C1C(C(=O)N(C)C)C(C(N)=O)CC1(C)C. The molecule has 1 aliphatic rings. The molecule has 0 aromatic rings. The molecule has 0 radical (unpaired) electrons. The minimum atomic E-state index is -0.341. The Kier molecular flexibility index (Phi) is 4.08. The van der Waals surface area contributed by atoms with Crippen LogP contribution in [0, 0.1) is 29.1 Å². The molecule has 0 bridgehead atoms. The van der Waals surface area contributed by atoms with Gasteiger partial charge < -0.3 is 10.6 Å². The van der Waals surface area contributed by atoms with Crippen LogP contribution in [0.2, 0.25) is 0 Å². The molecule has 1 rings (SSSR count). The van der Waals surface area contributed by atoms with Crippen LogP contribution in [0.4, 0.5) is 0 Å². The van der Waals surface area contributed by atoms with E-state index in [9.17, 15) is 9.59 Å². The van der Waals surface area contributed by atoms with Gasteiger partial charge in [0, 0.05) is 14.1 Å². The van der Waals surface area contributed by atoms with Gasteiger partial charge in [0.05, 0.1) is 11.8 Å². The highest BCUT2D eigenvalue weighted by Crippen LogP contribution is 2.53. The van der Waals surface area contributed by atoms with E-state index in [-0.39, 0.29) is 35.0 Å². The summed E-state index contributed by atoms with van der Waals surface area (Å²) in [6.45, 7) is 8.50. The monoisotopic (exact) mass is 254 g/mol. The van der Waals surface area contributed by atoms with Crippen LogP contribution in [0.1, 0.15) is 34.1 Å². The van der Waals surface area contributed by atoms with Crippen LogP contribution in [0.5, 0.6) is 0 Å². The highest BCUT2D eigenvalue weighted by atomic mass is 16.2. The molecule has 1 aliphatic carbocycles. The van der Waals surface area contributed by atoms with Crippen molar-refractivity contribution in [2.24, 2.45) is 34.8 Å². The highest BCUT2D eigenvalue weighted by molar-refractivity contribution is 5.87. The number of carbonyl (C=O) groups excluding carboxylic acids is 2. The number of hydrogen-bond acceptors (Lipinski definition) is 2. The molecule has 2 N–H and O–H groups in total. The van der Waals surface area contributed by atoms with Crippen LogP contribution in [-0.2, 0) is 9.59 Å². The maximum Gasteiger partial charge on any atom is 0.226 e. The van der Waals surface area contributed by atoms with Crippen LogP contribution >= 0.6 is 0 Å². The first kappa shape index (κ1) is 15.0. The smallest absolute Gasteiger partial charge is 0.226 e. The van der Waals surface area contributed by atoms with Crippen LogP contribution < -0.4 is 5.73 Å². The van der Waals surface area contributed by atoms with Crippen LogP contribution in [-0.4, -0.2) is 30.8 Å². The first-order valence-corrected chi connectivity index (χ1v) is 6.60. The number of carbonyl (C=O) groups is 2. The summed E-state index contributed by atoms with van der Waals surface area (Å²) in [7, 11) is 3.48. The van der Waals surface area contributed by atoms with E-state index in [1.54, 1.807) is 19.0 Å². The second kappa shape index (κ2) is 4.90. The van der Waals surface area contributed by atoms with Gasteiger partial charge in [-0.3, -0.25) is 9.59 Å². The van der Waals surface area contributed by atoms with E-state index in [1.165, 1.54) is 0 Å². The Morgan fingerprint density at radius 1 is 1.28 bits per heavy atom. The number of rotatable bonds is 3. The minimum absolute atomic E-state index is 0.0236. The second-order valence-electron chi connectivity index (χ2n) is 6.73. The summed E-state index contributed by atoms with van der Waals surface area (Å²) in [6.07, 6.45) is 0.704. The Morgan fingerprint density at radius 2 is 1.78 bits per heavy atom. The molecule has 4 nitrogen and oxygen atoms in total. The molecule has 3 unspecified atom stereocenters. The fourth-order valence-corrected chi connectivity index (χ4v) is 3.78. The van der Waals surface area contributed by atoms with Crippen molar-refractivity contribution in [1.29, 1.82) is 0 Å². The first-order valence-electron chi connectivity index (χ1n) is 6.60.